The molecule has 2 saturated heterocycles. The van der Waals surface area contributed by atoms with Gasteiger partial charge in [-0.15, -0.1) is 0 Å². The molecule has 0 aliphatic carbocycles. The van der Waals surface area contributed by atoms with Crippen molar-refractivity contribution >= 4 is 34.6 Å². The van der Waals surface area contributed by atoms with Gasteiger partial charge < -0.3 is 9.88 Å². The van der Waals surface area contributed by atoms with Crippen molar-refractivity contribution in [3.05, 3.63) is 82.9 Å². The number of allylic oxidation sites excluding steroid dienone is 2. The minimum absolute atomic E-state index is 0.000535. The highest BCUT2D eigenvalue weighted by atomic mass is 16.2. The number of likely N-dealkylation sites (tertiary alicyclic amines) is 2. The van der Waals surface area contributed by atoms with E-state index in [0.29, 0.717) is 25.5 Å². The first-order valence-electron chi connectivity index (χ1n) is 16.2. The number of nitrogens with zero attached hydrogens (tertiary/aromatic N) is 5. The monoisotopic (exact) mass is 612 g/mol. The summed E-state index contributed by atoms with van der Waals surface area (Å²) in [6.45, 7) is 9.35. The fourth-order valence-electron chi connectivity index (χ4n) is 6.54. The van der Waals surface area contributed by atoms with Crippen molar-refractivity contribution in [3.8, 4) is 0 Å². The number of carbonyl (C=O) groups excluding carboxylic acids is 3. The minimum atomic E-state index is -0.434. The van der Waals surface area contributed by atoms with E-state index in [9.17, 15) is 19.2 Å². The lowest BCUT2D eigenvalue weighted by Crippen LogP contribution is -2.46. The number of H-pyrrole nitrogens is 1. The van der Waals surface area contributed by atoms with E-state index in [0.717, 1.165) is 55.4 Å². The Balaban J connectivity index is 0.00000196. The summed E-state index contributed by atoms with van der Waals surface area (Å²) in [7, 11) is 0. The van der Waals surface area contributed by atoms with E-state index in [1.165, 1.54) is 4.90 Å². The summed E-state index contributed by atoms with van der Waals surface area (Å²) in [5, 5.41) is 0. The number of fused-ring (bicyclic) bond motifs is 1. The highest BCUT2D eigenvalue weighted by Gasteiger charge is 2.32. The fraction of sp³-hybridized carbons (Fsp3) is 0.457. The van der Waals surface area contributed by atoms with Crippen LogP contribution in [0, 0.1) is 11.8 Å². The summed E-state index contributed by atoms with van der Waals surface area (Å²) < 4.78 is 1.86. The molecule has 0 radical (unpaired) electrons. The van der Waals surface area contributed by atoms with E-state index in [-0.39, 0.29) is 41.8 Å². The van der Waals surface area contributed by atoms with Gasteiger partial charge in [-0.1, -0.05) is 57.2 Å². The third-order valence-corrected chi connectivity index (χ3v) is 8.95. The maximum atomic E-state index is 13.4. The zero-order valence-electron chi connectivity index (χ0n) is 26.5. The van der Waals surface area contributed by atoms with Gasteiger partial charge in [0, 0.05) is 44.2 Å². The molecule has 3 aliphatic rings. The van der Waals surface area contributed by atoms with Gasteiger partial charge in [-0.05, 0) is 68.6 Å². The van der Waals surface area contributed by atoms with Crippen molar-refractivity contribution in [2.75, 3.05) is 31.1 Å². The van der Waals surface area contributed by atoms with Gasteiger partial charge in [-0.25, -0.2) is 14.7 Å². The molecule has 3 amide bonds. The number of para-hydroxylation sites is 2. The molecular formula is C35H44N6O4. The number of amides is 3. The third-order valence-electron chi connectivity index (χ3n) is 8.95. The number of imide groups is 1. The molecule has 2 fully saturated rings. The smallest absolute Gasteiger partial charge is 0.326 e. The molecule has 5 heterocycles. The summed E-state index contributed by atoms with van der Waals surface area (Å²) in [6, 6.07) is 11.6. The van der Waals surface area contributed by atoms with E-state index < -0.39 is 5.92 Å². The van der Waals surface area contributed by atoms with Crippen molar-refractivity contribution in [1.82, 2.24) is 24.3 Å². The Morgan fingerprint density at radius 1 is 0.956 bits per heavy atom. The van der Waals surface area contributed by atoms with Gasteiger partial charge in [0.2, 0.25) is 17.7 Å². The summed E-state index contributed by atoms with van der Waals surface area (Å²) in [5.41, 5.74) is 2.66. The van der Waals surface area contributed by atoms with E-state index >= 15 is 0 Å². The highest BCUT2D eigenvalue weighted by molar-refractivity contribution is 6.15. The fourth-order valence-corrected chi connectivity index (χ4v) is 6.54. The Labute approximate surface area is 264 Å². The van der Waals surface area contributed by atoms with Gasteiger partial charge >= 0.3 is 5.69 Å². The van der Waals surface area contributed by atoms with E-state index in [4.69, 9.17) is 0 Å². The van der Waals surface area contributed by atoms with Crippen LogP contribution in [0.5, 0.6) is 0 Å². The Bertz CT molecular complexity index is 1620. The number of benzene rings is 1. The van der Waals surface area contributed by atoms with Crippen LogP contribution in [0.2, 0.25) is 0 Å². The Morgan fingerprint density at radius 2 is 1.69 bits per heavy atom. The van der Waals surface area contributed by atoms with Crippen LogP contribution in [0.4, 0.5) is 5.82 Å². The average Bonchev–Trinajstić information content (AvgIpc) is 3.43. The van der Waals surface area contributed by atoms with Crippen LogP contribution in [0.3, 0.4) is 0 Å². The van der Waals surface area contributed by atoms with Crippen LogP contribution in [0.25, 0.3) is 11.0 Å². The van der Waals surface area contributed by atoms with Crippen LogP contribution in [-0.4, -0.2) is 68.2 Å². The highest BCUT2D eigenvalue weighted by Crippen LogP contribution is 2.28. The van der Waals surface area contributed by atoms with Crippen LogP contribution in [-0.2, 0) is 20.9 Å². The molecule has 3 aliphatic heterocycles. The molecule has 6 rings (SSSR count). The van der Waals surface area contributed by atoms with E-state index in [2.05, 4.69) is 14.9 Å². The number of imidazole rings is 1. The molecule has 10 heteroatoms. The van der Waals surface area contributed by atoms with Crippen LogP contribution >= 0.6 is 0 Å². The molecule has 2 aromatic heterocycles. The van der Waals surface area contributed by atoms with Gasteiger partial charge in [-0.2, -0.15) is 0 Å². The number of aromatic nitrogens is 3. The number of hydrogen-bond acceptors (Lipinski definition) is 6. The lowest BCUT2D eigenvalue weighted by atomic mass is 9.93. The van der Waals surface area contributed by atoms with Crippen molar-refractivity contribution in [3.63, 3.8) is 0 Å². The van der Waals surface area contributed by atoms with Crippen molar-refractivity contribution in [2.45, 2.75) is 65.5 Å². The second-order valence-corrected chi connectivity index (χ2v) is 11.8. The third kappa shape index (κ3) is 7.17. The maximum Gasteiger partial charge on any atom is 0.326 e. The van der Waals surface area contributed by atoms with Crippen LogP contribution in [0.1, 0.15) is 64.5 Å². The zero-order chi connectivity index (χ0) is 31.9. The van der Waals surface area contributed by atoms with Gasteiger partial charge in [0.1, 0.15) is 5.82 Å². The largest absolute Gasteiger partial charge is 0.342 e. The molecule has 10 nitrogen and oxygen atoms in total. The number of aromatic amines is 1. The Kier molecular flexibility index (Phi) is 10.4. The molecular weight excluding hydrogens is 568 g/mol. The van der Waals surface area contributed by atoms with Crippen molar-refractivity contribution < 1.29 is 14.4 Å². The first-order valence-corrected chi connectivity index (χ1v) is 16.2. The summed E-state index contributed by atoms with van der Waals surface area (Å²) in [4.78, 5) is 64.8. The summed E-state index contributed by atoms with van der Waals surface area (Å²) in [6.07, 6.45) is 12.0. The summed E-state index contributed by atoms with van der Waals surface area (Å²) in [5.74, 6) is -0.440. The molecule has 0 spiro atoms. The molecule has 1 aromatic carbocycles. The normalized spacial score (nSPS) is 21.9. The molecule has 0 saturated carbocycles. The van der Waals surface area contributed by atoms with Gasteiger partial charge in [0.25, 0.3) is 0 Å². The van der Waals surface area contributed by atoms with Gasteiger partial charge in [0.15, 0.2) is 0 Å². The lowest BCUT2D eigenvalue weighted by molar-refractivity contribution is -0.138. The number of hydrogen-bond donors (Lipinski definition) is 1. The summed E-state index contributed by atoms with van der Waals surface area (Å²) >= 11 is 0. The lowest BCUT2D eigenvalue weighted by Gasteiger charge is -2.37. The molecule has 1 N–H and O–H groups in total. The number of carbonyl (C=O) groups is 3. The Hall–Kier alpha value is -4.31. The molecule has 0 bridgehead atoms. The van der Waals surface area contributed by atoms with Gasteiger partial charge in [0.05, 0.1) is 17.0 Å². The zero-order valence-corrected chi connectivity index (χ0v) is 26.5. The Morgan fingerprint density at radius 3 is 2.44 bits per heavy atom. The number of rotatable bonds is 5. The van der Waals surface area contributed by atoms with Crippen molar-refractivity contribution in [1.29, 1.82) is 0 Å². The average molecular weight is 613 g/mol. The SMILES string of the molecule is CC.CC1/C=C\C=C/CC(=O)N(c2cc(CN3CCC(C(=O)N4CCC(n5c(=O)[nH]c6ccccc65)CC4)CC3)ccn2)C1=O. The number of pyridine rings is 1. The number of piperidine rings is 2. The van der Waals surface area contributed by atoms with Gasteiger partial charge in [-0.3, -0.25) is 23.9 Å². The second-order valence-electron chi connectivity index (χ2n) is 11.8. The number of nitrogens with one attached hydrogen (secondary N) is 1. The van der Waals surface area contributed by atoms with Crippen molar-refractivity contribution in [2.24, 2.45) is 11.8 Å². The first-order chi connectivity index (χ1) is 21.9. The quantitative estimate of drug-likeness (QED) is 0.413. The predicted molar refractivity (Wildman–Crippen MR) is 176 cm³/mol. The van der Waals surface area contributed by atoms with Crippen LogP contribution < -0.4 is 10.6 Å². The maximum absolute atomic E-state index is 13.4. The molecule has 45 heavy (non-hydrogen) atoms. The molecule has 238 valence electrons. The predicted octanol–water partition coefficient (Wildman–Crippen LogP) is 4.84. The molecule has 1 unspecified atom stereocenters. The van der Waals surface area contributed by atoms with E-state index in [1.54, 1.807) is 37.4 Å². The molecule has 1 atom stereocenters. The topological polar surface area (TPSA) is 112 Å². The minimum Gasteiger partial charge on any atom is -0.342 e. The van der Waals surface area contributed by atoms with Crippen LogP contribution in [0.15, 0.2) is 71.7 Å². The standard InChI is InChI=1S/C33H38N6O4.C2H6/c1-23-7-3-2-4-10-30(40)39(31(23)41)29-21-24(11-16-34-29)22-36-17-12-25(13-18-36)32(42)37-19-14-26(15-20-37)38-28-9-6-5-8-27(28)35-33(38)43;1-2/h2-9,11,16,21,23,25-26H,10,12-15,17-20,22H2,1H3,(H,35,43);1-2H3/b4-2-,7-3-;. The van der Waals surface area contributed by atoms with E-state index in [1.807, 2.05) is 59.7 Å². The molecule has 3 aromatic rings. The first kappa shape index (κ1) is 32.1. The number of anilines is 1. The second kappa shape index (κ2) is 14.6.